The van der Waals surface area contributed by atoms with Crippen LogP contribution in [0.4, 0.5) is 11.6 Å². The molecule has 132 valence electrons. The number of nitrogens with one attached hydrogen (secondary N) is 2. The summed E-state index contributed by atoms with van der Waals surface area (Å²) in [6.07, 6.45) is 0. The molecule has 0 fully saturated rings. The quantitative estimate of drug-likeness (QED) is 0.742. The van der Waals surface area contributed by atoms with Crippen molar-refractivity contribution in [1.82, 2.24) is 20.2 Å². The first-order valence-corrected chi connectivity index (χ1v) is 8.67. The van der Waals surface area contributed by atoms with Gasteiger partial charge in [0.1, 0.15) is 0 Å². The third-order valence-electron chi connectivity index (χ3n) is 4.55. The Hall–Kier alpha value is -2.93. The molecule has 0 aliphatic carbocycles. The van der Waals surface area contributed by atoms with Crippen molar-refractivity contribution in [2.24, 2.45) is 5.92 Å². The molecule has 0 radical (unpaired) electrons. The summed E-state index contributed by atoms with van der Waals surface area (Å²) in [7, 11) is 0. The Kier molecular flexibility index (Phi) is 4.30. The number of fused-ring (bicyclic) bond motifs is 1. The van der Waals surface area contributed by atoms with Gasteiger partial charge in [-0.1, -0.05) is 47.0 Å². The molecular weight excluding hydrogens is 352 g/mol. The number of amides is 1. The fourth-order valence-corrected chi connectivity index (χ4v) is 3.45. The third kappa shape index (κ3) is 3.01. The molecule has 3 aromatic rings. The third-order valence-corrected chi connectivity index (χ3v) is 4.80. The van der Waals surface area contributed by atoms with Crippen molar-refractivity contribution in [3.63, 3.8) is 0 Å². The maximum atomic E-state index is 13.1. The van der Waals surface area contributed by atoms with E-state index in [2.05, 4.69) is 26.2 Å². The van der Waals surface area contributed by atoms with Crippen LogP contribution in [0.1, 0.15) is 18.5 Å². The molecule has 0 saturated heterocycles. The van der Waals surface area contributed by atoms with E-state index in [1.807, 2.05) is 49.4 Å². The fraction of sp³-hybridized carbons (Fsp3) is 0.222. The Morgan fingerprint density at radius 2 is 1.88 bits per heavy atom. The molecule has 1 aromatic heterocycles. The number of carbonyl (C=O) groups is 1. The molecule has 7 nitrogen and oxygen atoms in total. The molecule has 2 aromatic carbocycles. The van der Waals surface area contributed by atoms with Crippen molar-refractivity contribution in [1.29, 1.82) is 0 Å². The van der Waals surface area contributed by atoms with E-state index in [1.165, 1.54) is 0 Å². The number of rotatable bonds is 3. The zero-order chi connectivity index (χ0) is 18.1. The van der Waals surface area contributed by atoms with Crippen molar-refractivity contribution < 1.29 is 4.79 Å². The normalized spacial score (nSPS) is 21.5. The van der Waals surface area contributed by atoms with Crippen molar-refractivity contribution in [2.45, 2.75) is 19.0 Å². The molecule has 0 saturated carbocycles. The minimum atomic E-state index is -0.410. The summed E-state index contributed by atoms with van der Waals surface area (Å²) in [5.74, 6) is 0.0332. The second kappa shape index (κ2) is 6.76. The van der Waals surface area contributed by atoms with Gasteiger partial charge < -0.3 is 10.6 Å². The van der Waals surface area contributed by atoms with E-state index in [4.69, 9.17) is 11.6 Å². The summed E-state index contributed by atoms with van der Waals surface area (Å²) in [4.78, 5) is 13.1. The molecule has 26 heavy (non-hydrogen) atoms. The lowest BCUT2D eigenvalue weighted by Gasteiger charge is -2.36. The Bertz CT molecular complexity index is 911. The van der Waals surface area contributed by atoms with Crippen LogP contribution in [0.5, 0.6) is 0 Å². The largest absolute Gasteiger partial charge is 0.350 e. The van der Waals surface area contributed by atoms with E-state index >= 15 is 0 Å². The van der Waals surface area contributed by atoms with Crippen molar-refractivity contribution >= 4 is 29.1 Å². The lowest BCUT2D eigenvalue weighted by Crippen LogP contribution is -2.46. The van der Waals surface area contributed by atoms with Crippen LogP contribution in [0, 0.1) is 5.92 Å². The average Bonchev–Trinajstić information content (AvgIpc) is 3.10. The number of benzene rings is 2. The maximum absolute atomic E-state index is 13.1. The van der Waals surface area contributed by atoms with Gasteiger partial charge in [0.25, 0.3) is 0 Å². The molecule has 1 aliphatic heterocycles. The molecule has 4 rings (SSSR count). The van der Waals surface area contributed by atoms with E-state index in [9.17, 15) is 4.79 Å². The highest BCUT2D eigenvalue weighted by Gasteiger charge is 2.41. The van der Waals surface area contributed by atoms with Gasteiger partial charge in [-0.3, -0.25) is 4.79 Å². The molecule has 2 N–H and O–H groups in total. The minimum absolute atomic E-state index is 0.0997. The predicted octanol–water partition coefficient (Wildman–Crippen LogP) is 2.98. The van der Waals surface area contributed by atoms with Gasteiger partial charge in [0.15, 0.2) is 0 Å². The zero-order valence-corrected chi connectivity index (χ0v) is 14.8. The van der Waals surface area contributed by atoms with E-state index in [0.717, 1.165) is 11.3 Å². The number of tetrazole rings is 1. The number of anilines is 2. The molecular formula is C18H17ClN6O. The van der Waals surface area contributed by atoms with E-state index in [0.29, 0.717) is 11.0 Å². The number of nitrogens with zero attached hydrogens (tertiary/aromatic N) is 4. The monoisotopic (exact) mass is 368 g/mol. The highest BCUT2D eigenvalue weighted by molar-refractivity contribution is 6.30. The topological polar surface area (TPSA) is 84.7 Å². The Morgan fingerprint density at radius 1 is 1.15 bits per heavy atom. The van der Waals surface area contributed by atoms with Gasteiger partial charge in [-0.25, -0.2) is 4.68 Å². The molecule has 0 spiro atoms. The summed E-state index contributed by atoms with van der Waals surface area (Å²) >= 11 is 6.03. The molecule has 0 unspecified atom stereocenters. The van der Waals surface area contributed by atoms with Crippen LogP contribution in [0.2, 0.25) is 5.02 Å². The first-order valence-electron chi connectivity index (χ1n) is 8.29. The summed E-state index contributed by atoms with van der Waals surface area (Å²) in [6.45, 7) is 1.95. The number of hydrogen-bond acceptors (Lipinski definition) is 5. The van der Waals surface area contributed by atoms with Crippen LogP contribution in [0.25, 0.3) is 0 Å². The first kappa shape index (κ1) is 16.5. The van der Waals surface area contributed by atoms with Gasteiger partial charge in [-0.05, 0) is 47.2 Å². The van der Waals surface area contributed by atoms with Gasteiger partial charge >= 0.3 is 0 Å². The smallest absolute Gasteiger partial charge is 0.243 e. The van der Waals surface area contributed by atoms with Gasteiger partial charge in [0.2, 0.25) is 11.9 Å². The Balaban J connectivity index is 1.73. The Morgan fingerprint density at radius 3 is 2.62 bits per heavy atom. The minimum Gasteiger partial charge on any atom is -0.350 e. The molecule has 3 atom stereocenters. The summed E-state index contributed by atoms with van der Waals surface area (Å²) in [5, 5.41) is 18.7. The lowest BCUT2D eigenvalue weighted by molar-refractivity contribution is -0.121. The SMILES string of the molecule is C[C@@H]1Nc2nnnn2[C@H](c2ccc(Cl)cc2)[C@H]1C(=O)Nc1ccccc1. The van der Waals surface area contributed by atoms with Crippen molar-refractivity contribution in [3.05, 3.63) is 65.2 Å². The average molecular weight is 369 g/mol. The number of para-hydroxylation sites is 1. The summed E-state index contributed by atoms with van der Waals surface area (Å²) in [6, 6.07) is 16.3. The predicted molar refractivity (Wildman–Crippen MR) is 99.1 cm³/mol. The first-order chi connectivity index (χ1) is 12.6. The number of carbonyl (C=O) groups excluding carboxylic acids is 1. The van der Waals surface area contributed by atoms with Crippen molar-refractivity contribution in [3.8, 4) is 0 Å². The van der Waals surface area contributed by atoms with Gasteiger partial charge in [0.05, 0.1) is 12.0 Å². The second-order valence-electron chi connectivity index (χ2n) is 6.26. The molecule has 8 heteroatoms. The fourth-order valence-electron chi connectivity index (χ4n) is 3.32. The summed E-state index contributed by atoms with van der Waals surface area (Å²) < 4.78 is 1.65. The summed E-state index contributed by atoms with van der Waals surface area (Å²) in [5.41, 5.74) is 1.67. The van der Waals surface area contributed by atoms with Gasteiger partial charge in [-0.15, -0.1) is 0 Å². The number of aromatic nitrogens is 4. The van der Waals surface area contributed by atoms with Crippen LogP contribution < -0.4 is 10.6 Å². The molecule has 0 bridgehead atoms. The van der Waals surface area contributed by atoms with Gasteiger partial charge in [-0.2, -0.15) is 0 Å². The van der Waals surface area contributed by atoms with E-state index in [-0.39, 0.29) is 18.0 Å². The number of hydrogen-bond donors (Lipinski definition) is 2. The van der Waals surface area contributed by atoms with E-state index in [1.54, 1.807) is 16.8 Å². The van der Waals surface area contributed by atoms with Gasteiger partial charge in [0, 0.05) is 16.8 Å². The van der Waals surface area contributed by atoms with Crippen LogP contribution in [-0.4, -0.2) is 32.2 Å². The van der Waals surface area contributed by atoms with Crippen molar-refractivity contribution in [2.75, 3.05) is 10.6 Å². The molecule has 2 heterocycles. The maximum Gasteiger partial charge on any atom is 0.243 e. The molecule has 1 aliphatic rings. The lowest BCUT2D eigenvalue weighted by atomic mass is 9.85. The van der Waals surface area contributed by atoms with Crippen LogP contribution >= 0.6 is 11.6 Å². The highest BCUT2D eigenvalue weighted by Crippen LogP contribution is 2.36. The van der Waals surface area contributed by atoms with Crippen LogP contribution in [-0.2, 0) is 4.79 Å². The highest BCUT2D eigenvalue weighted by atomic mass is 35.5. The number of halogens is 1. The van der Waals surface area contributed by atoms with Crippen LogP contribution in [0.15, 0.2) is 54.6 Å². The Labute approximate surface area is 155 Å². The second-order valence-corrected chi connectivity index (χ2v) is 6.69. The van der Waals surface area contributed by atoms with Crippen LogP contribution in [0.3, 0.4) is 0 Å². The van der Waals surface area contributed by atoms with E-state index < -0.39 is 5.92 Å². The zero-order valence-electron chi connectivity index (χ0n) is 14.0. The standard InChI is InChI=1S/C18H17ClN6O/c1-11-15(17(26)21-14-5-3-2-4-6-14)16(12-7-9-13(19)10-8-12)25-18(20-11)22-23-24-25/h2-11,15-16H,1H3,(H,21,26)(H,20,22,24)/t11-,15-,16+/m0/s1. The molecule has 1 amide bonds.